The van der Waals surface area contributed by atoms with Crippen LogP contribution in [0.2, 0.25) is 0 Å². The van der Waals surface area contributed by atoms with E-state index in [1.54, 1.807) is 0 Å². The van der Waals surface area contributed by atoms with E-state index in [9.17, 15) is 10.2 Å². The summed E-state index contributed by atoms with van der Waals surface area (Å²) in [4.78, 5) is 0. The van der Waals surface area contributed by atoms with E-state index in [1.165, 1.54) is 0 Å². The van der Waals surface area contributed by atoms with Crippen LogP contribution in [0.1, 0.15) is 22.3 Å². The summed E-state index contributed by atoms with van der Waals surface area (Å²) in [7, 11) is 0. The average Bonchev–Trinajstić information content (AvgIpc) is 2.55. The van der Waals surface area contributed by atoms with Crippen LogP contribution in [0.25, 0.3) is 0 Å². The van der Waals surface area contributed by atoms with Crippen LogP contribution in [0.3, 0.4) is 0 Å². The summed E-state index contributed by atoms with van der Waals surface area (Å²) >= 11 is 0. The number of aliphatic hydroxyl groups excluding tert-OH is 2. The summed E-state index contributed by atoms with van der Waals surface area (Å²) in [5, 5.41) is 20.2. The first-order valence-electron chi connectivity index (χ1n) is 8.13. The molecule has 24 heavy (non-hydrogen) atoms. The molecule has 4 heteroatoms. The molecule has 0 aliphatic heterocycles. The van der Waals surface area contributed by atoms with Gasteiger partial charge in [-0.25, -0.2) is 0 Å². The van der Waals surface area contributed by atoms with Crippen molar-refractivity contribution >= 4 is 0 Å². The summed E-state index contributed by atoms with van der Waals surface area (Å²) < 4.78 is 11.3. The fraction of sp³-hybridized carbons (Fsp3) is 0.400. The fourth-order valence-electron chi connectivity index (χ4n) is 2.30. The van der Waals surface area contributed by atoms with E-state index < -0.39 is 12.2 Å². The molecular weight excluding hydrogens is 304 g/mol. The molecule has 2 N–H and O–H groups in total. The highest BCUT2D eigenvalue weighted by Crippen LogP contribution is 2.21. The van der Waals surface area contributed by atoms with E-state index in [2.05, 4.69) is 0 Å². The first-order chi connectivity index (χ1) is 11.4. The molecule has 0 radical (unpaired) electrons. The van der Waals surface area contributed by atoms with Crippen molar-refractivity contribution in [3.63, 3.8) is 0 Å². The van der Waals surface area contributed by atoms with Crippen molar-refractivity contribution in [3.05, 3.63) is 58.7 Å². The molecule has 4 nitrogen and oxygen atoms in total. The van der Waals surface area contributed by atoms with Gasteiger partial charge in [0.15, 0.2) is 0 Å². The van der Waals surface area contributed by atoms with Gasteiger partial charge in [0.05, 0.1) is 0 Å². The number of ether oxygens (including phenoxy) is 2. The Morgan fingerprint density at radius 3 is 1.46 bits per heavy atom. The van der Waals surface area contributed by atoms with Crippen molar-refractivity contribution < 1.29 is 19.7 Å². The molecule has 0 heterocycles. The summed E-state index contributed by atoms with van der Waals surface area (Å²) in [6.45, 7) is 7.89. The molecule has 2 aromatic carbocycles. The van der Waals surface area contributed by atoms with Crippen LogP contribution < -0.4 is 9.47 Å². The molecule has 0 spiro atoms. The summed E-state index contributed by atoms with van der Waals surface area (Å²) in [6, 6.07) is 11.8. The Bertz CT molecular complexity index is 622. The third-order valence-corrected chi connectivity index (χ3v) is 3.95. The van der Waals surface area contributed by atoms with Gasteiger partial charge in [-0.3, -0.25) is 0 Å². The lowest BCUT2D eigenvalue weighted by molar-refractivity contribution is -0.0290. The molecule has 0 bridgehead atoms. The van der Waals surface area contributed by atoms with Crippen LogP contribution in [0.4, 0.5) is 0 Å². The highest BCUT2D eigenvalue weighted by molar-refractivity contribution is 5.36. The molecule has 0 aliphatic carbocycles. The third kappa shape index (κ3) is 4.98. The van der Waals surface area contributed by atoms with Gasteiger partial charge >= 0.3 is 0 Å². The Balaban J connectivity index is 1.86. The van der Waals surface area contributed by atoms with Crippen LogP contribution in [0, 0.1) is 27.7 Å². The molecule has 2 aromatic rings. The Labute approximate surface area is 143 Å². The largest absolute Gasteiger partial charge is 0.491 e. The van der Waals surface area contributed by atoms with E-state index in [0.717, 1.165) is 33.8 Å². The summed E-state index contributed by atoms with van der Waals surface area (Å²) in [5.74, 6) is 1.44. The maximum absolute atomic E-state index is 10.1. The second-order valence-corrected chi connectivity index (χ2v) is 6.29. The lowest BCUT2D eigenvalue weighted by Crippen LogP contribution is -2.36. The van der Waals surface area contributed by atoms with Gasteiger partial charge in [0.25, 0.3) is 0 Å². The summed E-state index contributed by atoms with van der Waals surface area (Å²) in [5.41, 5.74) is 4.16. The van der Waals surface area contributed by atoms with Crippen LogP contribution in [-0.4, -0.2) is 35.6 Å². The number of hydrogen-bond acceptors (Lipinski definition) is 4. The molecule has 2 unspecified atom stereocenters. The summed E-state index contributed by atoms with van der Waals surface area (Å²) in [6.07, 6.45) is -2.04. The second-order valence-electron chi connectivity index (χ2n) is 6.29. The van der Waals surface area contributed by atoms with E-state index in [-0.39, 0.29) is 13.2 Å². The standard InChI is InChI=1S/C20H26O4/c1-13-5-7-15(3)19(9-13)23-11-17(21)18(22)12-24-20-10-14(2)6-8-16(20)4/h5-10,17-18,21-22H,11-12H2,1-4H3. The minimum Gasteiger partial charge on any atom is -0.491 e. The van der Waals surface area contributed by atoms with Crippen LogP contribution >= 0.6 is 0 Å². The van der Waals surface area contributed by atoms with Gasteiger partial charge in [-0.1, -0.05) is 24.3 Å². The lowest BCUT2D eigenvalue weighted by Gasteiger charge is -2.20. The minimum absolute atomic E-state index is 0.0155. The van der Waals surface area contributed by atoms with E-state index >= 15 is 0 Å². The van der Waals surface area contributed by atoms with Gasteiger partial charge in [0, 0.05) is 0 Å². The normalized spacial score (nSPS) is 13.4. The Morgan fingerprint density at radius 1 is 0.708 bits per heavy atom. The Morgan fingerprint density at radius 2 is 1.08 bits per heavy atom. The first-order valence-corrected chi connectivity index (χ1v) is 8.13. The van der Waals surface area contributed by atoms with Crippen LogP contribution in [0.15, 0.2) is 36.4 Å². The van der Waals surface area contributed by atoms with Crippen molar-refractivity contribution in [1.29, 1.82) is 0 Å². The zero-order valence-electron chi connectivity index (χ0n) is 14.7. The smallest absolute Gasteiger partial charge is 0.122 e. The van der Waals surface area contributed by atoms with Crippen molar-refractivity contribution in [1.82, 2.24) is 0 Å². The average molecular weight is 330 g/mol. The van der Waals surface area contributed by atoms with Crippen molar-refractivity contribution in [2.24, 2.45) is 0 Å². The van der Waals surface area contributed by atoms with Gasteiger partial charge in [-0.15, -0.1) is 0 Å². The SMILES string of the molecule is Cc1ccc(C)c(OCC(O)C(O)COc2cc(C)ccc2C)c1. The van der Waals surface area contributed by atoms with Gasteiger partial charge in [-0.05, 0) is 62.1 Å². The molecule has 0 fully saturated rings. The minimum atomic E-state index is -1.02. The van der Waals surface area contributed by atoms with Gasteiger partial charge < -0.3 is 19.7 Å². The second kappa shape index (κ2) is 8.18. The van der Waals surface area contributed by atoms with Crippen LogP contribution in [0.5, 0.6) is 11.5 Å². The van der Waals surface area contributed by atoms with Crippen molar-refractivity contribution in [3.8, 4) is 11.5 Å². The predicted molar refractivity (Wildman–Crippen MR) is 94.8 cm³/mol. The predicted octanol–water partition coefficient (Wildman–Crippen LogP) is 3.10. The zero-order valence-corrected chi connectivity index (χ0v) is 14.7. The number of rotatable bonds is 7. The third-order valence-electron chi connectivity index (χ3n) is 3.95. The number of aryl methyl sites for hydroxylation is 4. The molecule has 0 saturated carbocycles. The lowest BCUT2D eigenvalue weighted by atomic mass is 10.1. The van der Waals surface area contributed by atoms with Crippen molar-refractivity contribution in [2.45, 2.75) is 39.9 Å². The number of benzene rings is 2. The van der Waals surface area contributed by atoms with Gasteiger partial charge in [-0.2, -0.15) is 0 Å². The zero-order chi connectivity index (χ0) is 17.7. The number of aliphatic hydroxyl groups is 2. The molecule has 2 atom stereocenters. The fourth-order valence-corrected chi connectivity index (χ4v) is 2.30. The Hall–Kier alpha value is -2.04. The van der Waals surface area contributed by atoms with E-state index in [4.69, 9.17) is 9.47 Å². The molecule has 0 aromatic heterocycles. The maximum atomic E-state index is 10.1. The molecule has 130 valence electrons. The molecular formula is C20H26O4. The molecule has 0 saturated heterocycles. The van der Waals surface area contributed by atoms with Gasteiger partial charge in [0.2, 0.25) is 0 Å². The Kier molecular flexibility index (Phi) is 6.23. The van der Waals surface area contributed by atoms with Crippen LogP contribution in [-0.2, 0) is 0 Å². The molecule has 2 rings (SSSR count). The quantitative estimate of drug-likeness (QED) is 0.819. The van der Waals surface area contributed by atoms with E-state index in [1.807, 2.05) is 64.1 Å². The topological polar surface area (TPSA) is 58.9 Å². The molecule has 0 amide bonds. The highest BCUT2D eigenvalue weighted by Gasteiger charge is 2.19. The first kappa shape index (κ1) is 18.3. The maximum Gasteiger partial charge on any atom is 0.122 e. The monoisotopic (exact) mass is 330 g/mol. The highest BCUT2D eigenvalue weighted by atomic mass is 16.5. The number of hydrogen-bond donors (Lipinski definition) is 2. The molecule has 0 aliphatic rings. The van der Waals surface area contributed by atoms with E-state index in [0.29, 0.717) is 0 Å². The van der Waals surface area contributed by atoms with Gasteiger partial charge in [0.1, 0.15) is 36.9 Å². The van der Waals surface area contributed by atoms with Crippen molar-refractivity contribution in [2.75, 3.05) is 13.2 Å².